The minimum Gasteiger partial charge on any atom is -0.356 e. The topological polar surface area (TPSA) is 41.0 Å². The van der Waals surface area contributed by atoms with Crippen molar-refractivity contribution in [1.82, 2.24) is 9.97 Å². The second kappa shape index (κ2) is 6.12. The molecule has 21 heavy (non-hydrogen) atoms. The van der Waals surface area contributed by atoms with Gasteiger partial charge < -0.3 is 10.2 Å². The summed E-state index contributed by atoms with van der Waals surface area (Å²) in [5.41, 5.74) is 2.43. The van der Waals surface area contributed by atoms with Crippen molar-refractivity contribution in [3.63, 3.8) is 0 Å². The Morgan fingerprint density at radius 1 is 1.10 bits per heavy atom. The van der Waals surface area contributed by atoms with Crippen molar-refractivity contribution >= 4 is 17.3 Å². The Morgan fingerprint density at radius 2 is 1.86 bits per heavy atom. The van der Waals surface area contributed by atoms with Gasteiger partial charge in [-0.05, 0) is 30.4 Å². The largest absolute Gasteiger partial charge is 0.356 e. The van der Waals surface area contributed by atoms with Gasteiger partial charge in [-0.1, -0.05) is 32.0 Å². The van der Waals surface area contributed by atoms with Gasteiger partial charge in [0.1, 0.15) is 18.0 Å². The standard InChI is InChI=1S/C17H22N4/c1-13(2)14-7-3-4-8-15(14)20-16-11-17(19-12-18-16)21-9-5-6-10-21/h3-4,7-8,11-13H,5-6,9-10H2,1-2H3,(H,18,19,20). The zero-order chi connectivity index (χ0) is 14.7. The highest BCUT2D eigenvalue weighted by Gasteiger charge is 2.14. The smallest absolute Gasteiger partial charge is 0.135 e. The van der Waals surface area contributed by atoms with Crippen LogP contribution >= 0.6 is 0 Å². The summed E-state index contributed by atoms with van der Waals surface area (Å²) in [5, 5.41) is 3.44. The summed E-state index contributed by atoms with van der Waals surface area (Å²) < 4.78 is 0. The molecule has 0 amide bonds. The Kier molecular flexibility index (Phi) is 4.04. The number of para-hydroxylation sites is 1. The van der Waals surface area contributed by atoms with Crippen molar-refractivity contribution in [2.24, 2.45) is 0 Å². The minimum absolute atomic E-state index is 0.480. The molecular formula is C17H22N4. The fourth-order valence-electron chi connectivity index (χ4n) is 2.79. The highest BCUT2D eigenvalue weighted by Crippen LogP contribution is 2.27. The van der Waals surface area contributed by atoms with E-state index in [0.29, 0.717) is 5.92 Å². The molecule has 1 aromatic carbocycles. The van der Waals surface area contributed by atoms with E-state index in [2.05, 4.69) is 58.3 Å². The first-order chi connectivity index (χ1) is 10.2. The molecule has 3 rings (SSSR count). The molecule has 1 aromatic heterocycles. The first-order valence-corrected chi connectivity index (χ1v) is 7.67. The molecule has 4 nitrogen and oxygen atoms in total. The number of hydrogen-bond acceptors (Lipinski definition) is 4. The Balaban J connectivity index is 1.83. The molecule has 1 N–H and O–H groups in total. The number of aromatic nitrogens is 2. The lowest BCUT2D eigenvalue weighted by Gasteiger charge is -2.18. The van der Waals surface area contributed by atoms with Crippen molar-refractivity contribution in [1.29, 1.82) is 0 Å². The number of hydrogen-bond donors (Lipinski definition) is 1. The van der Waals surface area contributed by atoms with E-state index < -0.39 is 0 Å². The van der Waals surface area contributed by atoms with E-state index in [-0.39, 0.29) is 0 Å². The number of anilines is 3. The molecule has 4 heteroatoms. The molecule has 2 aromatic rings. The third kappa shape index (κ3) is 3.15. The first-order valence-electron chi connectivity index (χ1n) is 7.67. The van der Waals surface area contributed by atoms with E-state index in [4.69, 9.17) is 0 Å². The average molecular weight is 282 g/mol. The van der Waals surface area contributed by atoms with Gasteiger partial charge >= 0.3 is 0 Å². The Morgan fingerprint density at radius 3 is 2.62 bits per heavy atom. The highest BCUT2D eigenvalue weighted by atomic mass is 15.2. The van der Waals surface area contributed by atoms with Crippen molar-refractivity contribution < 1.29 is 0 Å². The minimum atomic E-state index is 0.480. The zero-order valence-electron chi connectivity index (χ0n) is 12.7. The monoisotopic (exact) mass is 282 g/mol. The molecule has 1 aliphatic heterocycles. The van der Waals surface area contributed by atoms with Gasteiger partial charge in [-0.15, -0.1) is 0 Å². The lowest BCUT2D eigenvalue weighted by atomic mass is 10.0. The summed E-state index contributed by atoms with van der Waals surface area (Å²) in [6.45, 7) is 6.60. The summed E-state index contributed by atoms with van der Waals surface area (Å²) in [6.07, 6.45) is 4.15. The lowest BCUT2D eigenvalue weighted by Crippen LogP contribution is -2.19. The van der Waals surface area contributed by atoms with Crippen LogP contribution in [0.15, 0.2) is 36.7 Å². The van der Waals surface area contributed by atoms with Crippen LogP contribution in [0.3, 0.4) is 0 Å². The van der Waals surface area contributed by atoms with E-state index >= 15 is 0 Å². The van der Waals surface area contributed by atoms with Crippen LogP contribution in [0, 0.1) is 0 Å². The molecule has 2 heterocycles. The van der Waals surface area contributed by atoms with E-state index in [0.717, 1.165) is 30.4 Å². The molecule has 0 spiro atoms. The van der Waals surface area contributed by atoms with Crippen molar-refractivity contribution in [2.75, 3.05) is 23.3 Å². The lowest BCUT2D eigenvalue weighted by molar-refractivity contribution is 0.868. The maximum Gasteiger partial charge on any atom is 0.135 e. The second-order valence-corrected chi connectivity index (χ2v) is 5.82. The second-order valence-electron chi connectivity index (χ2n) is 5.82. The Bertz CT molecular complexity index is 603. The van der Waals surface area contributed by atoms with Gasteiger partial charge in [-0.3, -0.25) is 0 Å². The zero-order valence-corrected chi connectivity index (χ0v) is 12.7. The summed E-state index contributed by atoms with van der Waals surface area (Å²) in [4.78, 5) is 11.1. The fraction of sp³-hybridized carbons (Fsp3) is 0.412. The van der Waals surface area contributed by atoms with Gasteiger partial charge in [0.15, 0.2) is 0 Å². The van der Waals surface area contributed by atoms with E-state index in [9.17, 15) is 0 Å². The third-order valence-corrected chi connectivity index (χ3v) is 3.93. The maximum atomic E-state index is 4.40. The molecule has 0 bridgehead atoms. The average Bonchev–Trinajstić information content (AvgIpc) is 3.02. The molecule has 0 unspecified atom stereocenters. The number of nitrogens with one attached hydrogen (secondary N) is 1. The van der Waals surface area contributed by atoms with Crippen molar-refractivity contribution in [3.8, 4) is 0 Å². The van der Waals surface area contributed by atoms with Gasteiger partial charge in [0, 0.05) is 24.8 Å². The quantitative estimate of drug-likeness (QED) is 0.922. The molecule has 1 fully saturated rings. The molecule has 1 saturated heterocycles. The maximum absolute atomic E-state index is 4.40. The summed E-state index contributed by atoms with van der Waals surface area (Å²) in [7, 11) is 0. The Hall–Kier alpha value is -2.10. The van der Waals surface area contributed by atoms with Gasteiger partial charge in [0.2, 0.25) is 0 Å². The molecular weight excluding hydrogens is 260 g/mol. The molecule has 0 aliphatic carbocycles. The molecule has 1 aliphatic rings. The molecule has 110 valence electrons. The van der Waals surface area contributed by atoms with E-state index in [1.807, 2.05) is 6.07 Å². The van der Waals surface area contributed by atoms with Crippen LogP contribution in [0.4, 0.5) is 17.3 Å². The van der Waals surface area contributed by atoms with E-state index in [1.165, 1.54) is 18.4 Å². The van der Waals surface area contributed by atoms with Crippen LogP contribution in [-0.2, 0) is 0 Å². The number of benzene rings is 1. The summed E-state index contributed by atoms with van der Waals surface area (Å²) in [6, 6.07) is 10.4. The van der Waals surface area contributed by atoms with Crippen molar-refractivity contribution in [2.45, 2.75) is 32.6 Å². The molecule has 0 radical (unpaired) electrons. The summed E-state index contributed by atoms with van der Waals surface area (Å²) >= 11 is 0. The van der Waals surface area contributed by atoms with Gasteiger partial charge in [0.05, 0.1) is 0 Å². The van der Waals surface area contributed by atoms with Gasteiger partial charge in [-0.2, -0.15) is 0 Å². The van der Waals surface area contributed by atoms with Crippen LogP contribution in [-0.4, -0.2) is 23.1 Å². The fourth-order valence-corrected chi connectivity index (χ4v) is 2.79. The van der Waals surface area contributed by atoms with Gasteiger partial charge in [0.25, 0.3) is 0 Å². The predicted octanol–water partition coefficient (Wildman–Crippen LogP) is 3.94. The normalized spacial score (nSPS) is 14.7. The van der Waals surface area contributed by atoms with Crippen molar-refractivity contribution in [3.05, 3.63) is 42.2 Å². The van der Waals surface area contributed by atoms with Crippen LogP contribution in [0.2, 0.25) is 0 Å². The van der Waals surface area contributed by atoms with Gasteiger partial charge in [-0.25, -0.2) is 9.97 Å². The van der Waals surface area contributed by atoms with Crippen LogP contribution in [0.1, 0.15) is 38.2 Å². The summed E-state index contributed by atoms with van der Waals surface area (Å²) in [5.74, 6) is 2.36. The number of rotatable bonds is 4. The Labute approximate surface area is 126 Å². The predicted molar refractivity (Wildman–Crippen MR) is 87.3 cm³/mol. The van der Waals surface area contributed by atoms with Crippen LogP contribution in [0.25, 0.3) is 0 Å². The van der Waals surface area contributed by atoms with Crippen LogP contribution < -0.4 is 10.2 Å². The molecule has 0 saturated carbocycles. The SMILES string of the molecule is CC(C)c1ccccc1Nc1cc(N2CCCC2)ncn1. The van der Waals surface area contributed by atoms with Crippen LogP contribution in [0.5, 0.6) is 0 Å². The first kappa shape index (κ1) is 13.9. The number of nitrogens with zero attached hydrogens (tertiary/aromatic N) is 3. The highest BCUT2D eigenvalue weighted by molar-refractivity contribution is 5.63. The molecule has 0 atom stereocenters. The van der Waals surface area contributed by atoms with E-state index in [1.54, 1.807) is 6.33 Å². The third-order valence-electron chi connectivity index (χ3n) is 3.93.